The molecule has 0 radical (unpaired) electrons. The molecule has 0 unspecified atom stereocenters. The van der Waals surface area contributed by atoms with Crippen molar-refractivity contribution in [3.8, 4) is 0 Å². The molecule has 0 aromatic heterocycles. The first-order valence-electron chi connectivity index (χ1n) is 2.13. The fraction of sp³-hybridized carbons (Fsp3) is 0. The third-order valence-corrected chi connectivity index (χ3v) is 1.05. The Morgan fingerprint density at radius 1 is 1.14 bits per heavy atom. The maximum absolute atomic E-state index is 4.08. The quantitative estimate of drug-likeness (QED) is 0.489. The van der Waals surface area contributed by atoms with Gasteiger partial charge in [0, 0.05) is 6.32 Å². The summed E-state index contributed by atoms with van der Waals surface area (Å²) >= 11 is 4.08. The first-order valence-corrected chi connectivity index (χ1v) is 2.58. The topological polar surface area (TPSA) is 0 Å². The molecule has 0 saturated heterocycles. The van der Waals surface area contributed by atoms with Crippen molar-refractivity contribution in [2.45, 2.75) is 4.90 Å². The van der Waals surface area contributed by atoms with Crippen LogP contribution in [0.25, 0.3) is 0 Å². The van der Waals surface area contributed by atoms with Crippen LogP contribution >= 0.6 is 12.6 Å². The van der Waals surface area contributed by atoms with E-state index < -0.39 is 0 Å². The maximum atomic E-state index is 4.08. The van der Waals surface area contributed by atoms with Crippen molar-refractivity contribution in [1.29, 1.82) is 0 Å². The van der Waals surface area contributed by atoms with Gasteiger partial charge in [-0.25, -0.2) is 0 Å². The van der Waals surface area contributed by atoms with Crippen molar-refractivity contribution >= 4 is 12.6 Å². The zero-order valence-electron chi connectivity index (χ0n) is 3.83. The molecule has 0 fully saturated rings. The van der Waals surface area contributed by atoms with Crippen molar-refractivity contribution in [1.82, 2.24) is 0 Å². The molecule has 1 heteroatoms. The Morgan fingerprint density at radius 2 is 1.71 bits per heavy atom. The van der Waals surface area contributed by atoms with Crippen LogP contribution in [0, 0.1) is 0 Å². The maximum Gasteiger partial charge on any atom is 0.00399 e. The van der Waals surface area contributed by atoms with Crippen molar-refractivity contribution in [3.05, 3.63) is 30.3 Å². The van der Waals surface area contributed by atoms with E-state index in [-0.39, 0.29) is 1.43 Å². The van der Waals surface area contributed by atoms with Crippen LogP contribution in [-0.2, 0) is 0 Å². The van der Waals surface area contributed by atoms with E-state index in [1.54, 1.807) is 0 Å². The lowest BCUT2D eigenvalue weighted by atomic mass is 10.4. The Bertz CT molecular complexity index is 138. The van der Waals surface area contributed by atoms with Crippen molar-refractivity contribution in [3.63, 3.8) is 0 Å². The molecule has 0 aliphatic heterocycles. The molecule has 0 amide bonds. The monoisotopic (exact) mass is 112 g/mol. The van der Waals surface area contributed by atoms with Gasteiger partial charge in [-0.05, 0) is 12.1 Å². The molecule has 1 aromatic carbocycles. The number of hydrogen-bond acceptors (Lipinski definition) is 1. The molecule has 0 heterocycles. The number of thiol groups is 1. The molecule has 0 bridgehead atoms. The molecule has 0 aliphatic carbocycles. The molecule has 0 aliphatic rings. The second-order valence-corrected chi connectivity index (χ2v) is 1.85. The van der Waals surface area contributed by atoms with Gasteiger partial charge in [0.05, 0.1) is 0 Å². The van der Waals surface area contributed by atoms with E-state index in [4.69, 9.17) is 0 Å². The van der Waals surface area contributed by atoms with Gasteiger partial charge in [-0.15, -0.1) is 12.6 Å². The fourth-order valence-electron chi connectivity index (χ4n) is 0.428. The van der Waals surface area contributed by atoms with Crippen molar-refractivity contribution < 1.29 is 1.43 Å². The molecule has 0 saturated carbocycles. The summed E-state index contributed by atoms with van der Waals surface area (Å²) in [7, 11) is 0. The predicted molar refractivity (Wildman–Crippen MR) is 35.8 cm³/mol. The summed E-state index contributed by atoms with van der Waals surface area (Å²) in [4.78, 5) is 1.02. The lowest BCUT2D eigenvalue weighted by molar-refractivity contribution is 1.48. The Labute approximate surface area is 50.1 Å². The Balaban J connectivity index is 0.000000490. The van der Waals surface area contributed by atoms with Gasteiger partial charge in [-0.1, -0.05) is 18.2 Å². The summed E-state index contributed by atoms with van der Waals surface area (Å²) in [5.74, 6) is 0. The lowest BCUT2D eigenvalue weighted by Crippen LogP contribution is -1.56. The predicted octanol–water partition coefficient (Wildman–Crippen LogP) is 2.22. The summed E-state index contributed by atoms with van der Waals surface area (Å²) in [5.41, 5.74) is 0. The summed E-state index contributed by atoms with van der Waals surface area (Å²) in [6, 6.07) is 9.79. The molecule has 0 nitrogen and oxygen atoms in total. The molecule has 0 N–H and O–H groups in total. The van der Waals surface area contributed by atoms with E-state index in [0.29, 0.717) is 0 Å². The minimum absolute atomic E-state index is 0. The largest absolute Gasteiger partial charge is 0.143 e. The SMILES string of the molecule is Sc1ccccc1.[HH]. The average Bonchev–Trinajstić information content (AvgIpc) is 1.69. The van der Waals surface area contributed by atoms with E-state index in [2.05, 4.69) is 12.6 Å². The number of benzene rings is 1. The zero-order chi connectivity index (χ0) is 5.11. The smallest absolute Gasteiger partial charge is 0.00399 e. The van der Waals surface area contributed by atoms with Gasteiger partial charge in [0.15, 0.2) is 0 Å². The highest BCUT2D eigenvalue weighted by molar-refractivity contribution is 7.80. The van der Waals surface area contributed by atoms with E-state index >= 15 is 0 Å². The standard InChI is InChI=1S/C6H6S.H2/c7-6-4-2-1-3-5-6;/h1-5,7H;1H. The van der Waals surface area contributed by atoms with Crippen LogP contribution in [0.5, 0.6) is 0 Å². The van der Waals surface area contributed by atoms with Gasteiger partial charge >= 0.3 is 0 Å². The van der Waals surface area contributed by atoms with Crippen LogP contribution in [0.1, 0.15) is 1.43 Å². The summed E-state index contributed by atoms with van der Waals surface area (Å²) in [6.07, 6.45) is 0. The highest BCUT2D eigenvalue weighted by Gasteiger charge is 1.73. The first-order chi connectivity index (χ1) is 3.39. The third-order valence-electron chi connectivity index (χ3n) is 0.756. The molecule has 0 spiro atoms. The summed E-state index contributed by atoms with van der Waals surface area (Å²) < 4.78 is 0. The molecule has 1 rings (SSSR count). The average molecular weight is 112 g/mol. The Morgan fingerprint density at radius 3 is 2.00 bits per heavy atom. The number of rotatable bonds is 0. The first kappa shape index (κ1) is 4.72. The van der Waals surface area contributed by atoms with Crippen LogP contribution in [-0.4, -0.2) is 0 Å². The normalized spacial score (nSPS) is 8.71. The van der Waals surface area contributed by atoms with E-state index in [9.17, 15) is 0 Å². The van der Waals surface area contributed by atoms with Crippen LogP contribution in [0.4, 0.5) is 0 Å². The molecule has 7 heavy (non-hydrogen) atoms. The molecular weight excluding hydrogens is 104 g/mol. The lowest BCUT2D eigenvalue weighted by Gasteiger charge is -1.81. The zero-order valence-corrected chi connectivity index (χ0v) is 4.73. The molecule has 0 atom stereocenters. The second-order valence-electron chi connectivity index (χ2n) is 1.34. The van der Waals surface area contributed by atoms with Crippen LogP contribution in [0.2, 0.25) is 0 Å². The Hall–Kier alpha value is -0.430. The van der Waals surface area contributed by atoms with E-state index in [1.807, 2.05) is 30.3 Å². The minimum atomic E-state index is 0. The van der Waals surface area contributed by atoms with Crippen LogP contribution in [0.3, 0.4) is 0 Å². The van der Waals surface area contributed by atoms with Crippen LogP contribution < -0.4 is 0 Å². The number of hydrogen-bond donors (Lipinski definition) is 1. The van der Waals surface area contributed by atoms with Gasteiger partial charge < -0.3 is 0 Å². The van der Waals surface area contributed by atoms with Gasteiger partial charge in [0.1, 0.15) is 0 Å². The van der Waals surface area contributed by atoms with E-state index in [0.717, 1.165) is 4.90 Å². The Kier molecular flexibility index (Phi) is 1.37. The second kappa shape index (κ2) is 2.03. The minimum Gasteiger partial charge on any atom is -0.143 e. The van der Waals surface area contributed by atoms with Crippen LogP contribution in [0.15, 0.2) is 35.2 Å². The molecule has 38 valence electrons. The van der Waals surface area contributed by atoms with Crippen molar-refractivity contribution in [2.75, 3.05) is 0 Å². The van der Waals surface area contributed by atoms with Gasteiger partial charge in [0.2, 0.25) is 0 Å². The van der Waals surface area contributed by atoms with Gasteiger partial charge in [-0.3, -0.25) is 0 Å². The highest BCUT2D eigenvalue weighted by atomic mass is 32.1. The van der Waals surface area contributed by atoms with Gasteiger partial charge in [0.25, 0.3) is 0 Å². The van der Waals surface area contributed by atoms with E-state index in [1.165, 1.54) is 0 Å². The summed E-state index contributed by atoms with van der Waals surface area (Å²) in [6.45, 7) is 0. The van der Waals surface area contributed by atoms with Gasteiger partial charge in [-0.2, -0.15) is 0 Å². The van der Waals surface area contributed by atoms with Crippen molar-refractivity contribution in [2.24, 2.45) is 0 Å². The third kappa shape index (κ3) is 1.24. The highest BCUT2D eigenvalue weighted by Crippen LogP contribution is 2.00. The molecule has 1 aromatic rings. The fourth-order valence-corrected chi connectivity index (χ4v) is 0.600. The molecular formula is C6H8S. The summed E-state index contributed by atoms with van der Waals surface area (Å²) in [5, 5.41) is 0.